The molecule has 1 amide bonds. The predicted molar refractivity (Wildman–Crippen MR) is 136 cm³/mol. The van der Waals surface area contributed by atoms with Crippen LogP contribution in [0.4, 0.5) is 11.4 Å². The molecule has 5 nitrogen and oxygen atoms in total. The van der Waals surface area contributed by atoms with Crippen LogP contribution in [0, 0.1) is 0 Å². The van der Waals surface area contributed by atoms with Gasteiger partial charge in [-0.3, -0.25) is 4.79 Å². The van der Waals surface area contributed by atoms with E-state index in [-0.39, 0.29) is 5.91 Å². The first-order valence-electron chi connectivity index (χ1n) is 10.5. The summed E-state index contributed by atoms with van der Waals surface area (Å²) < 4.78 is 5.69. The van der Waals surface area contributed by atoms with Gasteiger partial charge in [0.2, 0.25) is 0 Å². The highest BCUT2D eigenvalue weighted by Gasteiger charge is 2.23. The number of fused-ring (bicyclic) bond motifs is 1. The Balaban J connectivity index is 1.64. The summed E-state index contributed by atoms with van der Waals surface area (Å²) in [5.74, 6) is 0.403. The third kappa shape index (κ3) is 3.99. The number of halogens is 1. The molecule has 3 aromatic heterocycles. The fourth-order valence-electron chi connectivity index (χ4n) is 3.81. The molecule has 0 saturated carbocycles. The highest BCUT2D eigenvalue weighted by molar-refractivity contribution is 7.21. The van der Waals surface area contributed by atoms with Crippen molar-refractivity contribution in [3.05, 3.63) is 88.5 Å². The van der Waals surface area contributed by atoms with E-state index in [9.17, 15) is 4.79 Å². The Morgan fingerprint density at radius 2 is 1.91 bits per heavy atom. The van der Waals surface area contributed by atoms with Crippen molar-refractivity contribution < 1.29 is 9.21 Å². The van der Waals surface area contributed by atoms with Crippen LogP contribution in [0.2, 0.25) is 5.02 Å². The Morgan fingerprint density at radius 1 is 1.12 bits per heavy atom. The Morgan fingerprint density at radius 3 is 2.64 bits per heavy atom. The number of aryl methyl sites for hydroxylation is 1. The van der Waals surface area contributed by atoms with Crippen LogP contribution < -0.4 is 11.1 Å². The van der Waals surface area contributed by atoms with Gasteiger partial charge in [0.1, 0.15) is 15.5 Å². The van der Waals surface area contributed by atoms with Crippen molar-refractivity contribution in [1.29, 1.82) is 0 Å². The van der Waals surface area contributed by atoms with Crippen LogP contribution in [0.5, 0.6) is 0 Å². The summed E-state index contributed by atoms with van der Waals surface area (Å²) in [4.78, 5) is 19.1. The highest BCUT2D eigenvalue weighted by Crippen LogP contribution is 2.41. The maximum absolute atomic E-state index is 13.2. The zero-order valence-electron chi connectivity index (χ0n) is 17.8. The zero-order chi connectivity index (χ0) is 22.9. The van der Waals surface area contributed by atoms with Crippen molar-refractivity contribution in [2.75, 3.05) is 11.1 Å². The summed E-state index contributed by atoms with van der Waals surface area (Å²) in [5, 5.41) is 4.37. The van der Waals surface area contributed by atoms with Crippen LogP contribution in [0.25, 0.3) is 32.8 Å². The molecule has 0 radical (unpaired) electrons. The molecule has 2 aromatic carbocycles. The maximum Gasteiger partial charge on any atom is 0.267 e. The van der Waals surface area contributed by atoms with E-state index in [1.807, 2.05) is 66.7 Å². The Kier molecular flexibility index (Phi) is 5.62. The monoisotopic (exact) mass is 473 g/mol. The second-order valence-corrected chi connectivity index (χ2v) is 8.96. The summed E-state index contributed by atoms with van der Waals surface area (Å²) >= 11 is 7.33. The molecule has 0 bridgehead atoms. The number of pyridine rings is 1. The van der Waals surface area contributed by atoms with E-state index in [0.29, 0.717) is 31.6 Å². The molecule has 0 fully saturated rings. The number of hydrogen-bond donors (Lipinski definition) is 2. The third-order valence-electron chi connectivity index (χ3n) is 5.48. The van der Waals surface area contributed by atoms with Crippen molar-refractivity contribution in [1.82, 2.24) is 4.98 Å². The average Bonchev–Trinajstić information content (AvgIpc) is 3.48. The Labute approximate surface area is 199 Å². The first-order valence-corrected chi connectivity index (χ1v) is 11.7. The van der Waals surface area contributed by atoms with Gasteiger partial charge in [0.05, 0.1) is 17.6 Å². The van der Waals surface area contributed by atoms with Gasteiger partial charge in [-0.05, 0) is 48.4 Å². The minimum Gasteiger partial charge on any atom is -0.464 e. The number of nitrogens with one attached hydrogen (secondary N) is 1. The van der Waals surface area contributed by atoms with Gasteiger partial charge in [-0.25, -0.2) is 4.98 Å². The van der Waals surface area contributed by atoms with Crippen LogP contribution in [0.15, 0.2) is 77.4 Å². The van der Waals surface area contributed by atoms with Crippen molar-refractivity contribution in [3.8, 4) is 22.6 Å². The Bertz CT molecular complexity index is 1460. The van der Waals surface area contributed by atoms with Gasteiger partial charge in [0.25, 0.3) is 5.91 Å². The van der Waals surface area contributed by atoms with Gasteiger partial charge in [-0.2, -0.15) is 0 Å². The van der Waals surface area contributed by atoms with Crippen molar-refractivity contribution in [3.63, 3.8) is 0 Å². The number of carbonyl (C=O) groups excluding carboxylic acids is 1. The molecule has 3 heterocycles. The fourth-order valence-corrected chi connectivity index (χ4v) is 4.96. The fraction of sp³-hybridized carbons (Fsp3) is 0.0769. The van der Waals surface area contributed by atoms with Crippen LogP contribution >= 0.6 is 22.9 Å². The topological polar surface area (TPSA) is 81.2 Å². The largest absolute Gasteiger partial charge is 0.464 e. The SMILES string of the molecule is CCc1ccccc1NC(=O)c1sc2nc(-c3ccc(Cl)cc3)cc(-c3ccco3)c2c1N. The molecular formula is C26H20ClN3O2S. The minimum absolute atomic E-state index is 0.255. The first kappa shape index (κ1) is 21.2. The van der Waals surface area contributed by atoms with Crippen molar-refractivity contribution in [2.24, 2.45) is 0 Å². The smallest absolute Gasteiger partial charge is 0.267 e. The summed E-state index contributed by atoms with van der Waals surface area (Å²) in [6, 6.07) is 20.8. The molecule has 0 spiro atoms. The van der Waals surface area contributed by atoms with Gasteiger partial charge in [-0.15, -0.1) is 11.3 Å². The lowest BCUT2D eigenvalue weighted by Crippen LogP contribution is -2.13. The number of hydrogen-bond acceptors (Lipinski definition) is 5. The van der Waals surface area contributed by atoms with E-state index in [2.05, 4.69) is 12.2 Å². The molecule has 0 saturated heterocycles. The number of furan rings is 1. The van der Waals surface area contributed by atoms with E-state index in [4.69, 9.17) is 26.7 Å². The number of nitrogens with zero attached hydrogens (tertiary/aromatic N) is 1. The van der Waals surface area contributed by atoms with Crippen LogP contribution in [0.3, 0.4) is 0 Å². The Hall–Kier alpha value is -3.61. The number of rotatable bonds is 5. The lowest BCUT2D eigenvalue weighted by molar-refractivity contribution is 0.103. The maximum atomic E-state index is 13.2. The molecule has 0 unspecified atom stereocenters. The molecule has 0 aliphatic heterocycles. The van der Waals surface area contributed by atoms with Crippen LogP contribution in [-0.2, 0) is 6.42 Å². The quantitative estimate of drug-likeness (QED) is 0.281. The number of nitrogen functional groups attached to an aromatic ring is 1. The lowest BCUT2D eigenvalue weighted by atomic mass is 10.0. The summed E-state index contributed by atoms with van der Waals surface area (Å²) in [7, 11) is 0. The molecule has 0 atom stereocenters. The number of aromatic nitrogens is 1. The number of para-hydroxylation sites is 1. The number of anilines is 2. The highest BCUT2D eigenvalue weighted by atomic mass is 35.5. The number of carbonyl (C=O) groups is 1. The van der Waals surface area contributed by atoms with Gasteiger partial charge in [0, 0.05) is 27.2 Å². The van der Waals surface area contributed by atoms with Gasteiger partial charge >= 0.3 is 0 Å². The average molecular weight is 474 g/mol. The molecule has 7 heteroatoms. The lowest BCUT2D eigenvalue weighted by Gasteiger charge is -2.09. The molecule has 164 valence electrons. The summed E-state index contributed by atoms with van der Waals surface area (Å²) in [6.45, 7) is 2.05. The predicted octanol–water partition coefficient (Wildman–Crippen LogP) is 7.27. The van der Waals surface area contributed by atoms with Gasteiger partial charge in [-0.1, -0.05) is 48.9 Å². The first-order chi connectivity index (χ1) is 16.0. The molecule has 0 aliphatic rings. The van der Waals surface area contributed by atoms with E-state index < -0.39 is 0 Å². The van der Waals surface area contributed by atoms with E-state index in [1.165, 1.54) is 11.3 Å². The van der Waals surface area contributed by atoms with E-state index in [1.54, 1.807) is 6.26 Å². The molecule has 0 aliphatic carbocycles. The normalized spacial score (nSPS) is 11.1. The van der Waals surface area contributed by atoms with E-state index in [0.717, 1.165) is 34.5 Å². The molecule has 5 aromatic rings. The van der Waals surface area contributed by atoms with Crippen LogP contribution in [0.1, 0.15) is 22.2 Å². The van der Waals surface area contributed by atoms with E-state index >= 15 is 0 Å². The molecule has 3 N–H and O–H groups in total. The minimum atomic E-state index is -0.255. The second-order valence-electron chi connectivity index (χ2n) is 7.53. The third-order valence-corrected chi connectivity index (χ3v) is 6.83. The summed E-state index contributed by atoms with van der Waals surface area (Å²) in [6.07, 6.45) is 2.43. The molecule has 5 rings (SSSR count). The molecule has 33 heavy (non-hydrogen) atoms. The molecular weight excluding hydrogens is 454 g/mol. The van der Waals surface area contributed by atoms with Crippen molar-refractivity contribution in [2.45, 2.75) is 13.3 Å². The standard InChI is InChI=1S/C26H20ClN3O2S/c1-2-15-6-3-4-7-19(15)29-25(31)24-23(28)22-18(21-8-5-13-32-21)14-20(30-26(22)33-24)16-9-11-17(27)12-10-16/h3-14H,2,28H2,1H3,(H,29,31). The van der Waals surface area contributed by atoms with Crippen LogP contribution in [-0.4, -0.2) is 10.9 Å². The number of benzene rings is 2. The second kappa shape index (κ2) is 8.73. The van der Waals surface area contributed by atoms with Crippen molar-refractivity contribution >= 4 is 50.4 Å². The van der Waals surface area contributed by atoms with Gasteiger partial charge < -0.3 is 15.5 Å². The van der Waals surface area contributed by atoms with Gasteiger partial charge in [0.15, 0.2) is 0 Å². The zero-order valence-corrected chi connectivity index (χ0v) is 19.3. The summed E-state index contributed by atoms with van der Waals surface area (Å²) in [5.41, 5.74) is 11.2. The number of amides is 1. The number of thiophene rings is 1. The number of nitrogens with two attached hydrogens (primary N) is 1.